The Morgan fingerprint density at radius 3 is 3.05 bits per heavy atom. The van der Waals surface area contributed by atoms with E-state index in [0.717, 1.165) is 25.5 Å². The van der Waals surface area contributed by atoms with Gasteiger partial charge in [-0.25, -0.2) is 4.98 Å². The number of hydrogen-bond acceptors (Lipinski definition) is 6. The van der Waals surface area contributed by atoms with Gasteiger partial charge in [0.05, 0.1) is 22.2 Å². The van der Waals surface area contributed by atoms with E-state index in [-0.39, 0.29) is 5.69 Å². The fourth-order valence-electron chi connectivity index (χ4n) is 2.42. The van der Waals surface area contributed by atoms with Crippen LogP contribution in [0.15, 0.2) is 24.4 Å². The summed E-state index contributed by atoms with van der Waals surface area (Å²) in [5.74, 6) is 0.820. The van der Waals surface area contributed by atoms with Crippen LogP contribution in [0.1, 0.15) is 6.92 Å². The van der Waals surface area contributed by atoms with E-state index in [1.165, 1.54) is 12.1 Å². The van der Waals surface area contributed by atoms with E-state index in [0.29, 0.717) is 17.1 Å². The molecule has 1 fully saturated rings. The van der Waals surface area contributed by atoms with Crippen molar-refractivity contribution in [1.82, 2.24) is 15.3 Å². The van der Waals surface area contributed by atoms with Gasteiger partial charge in [0.15, 0.2) is 0 Å². The molecule has 0 spiro atoms. The molecule has 7 heteroatoms. The van der Waals surface area contributed by atoms with Gasteiger partial charge in [0, 0.05) is 37.8 Å². The lowest BCUT2D eigenvalue weighted by atomic mass is 10.2. The van der Waals surface area contributed by atoms with Crippen molar-refractivity contribution in [3.63, 3.8) is 0 Å². The van der Waals surface area contributed by atoms with Crippen LogP contribution in [0.3, 0.4) is 0 Å². The second-order valence-electron chi connectivity index (χ2n) is 4.90. The van der Waals surface area contributed by atoms with Crippen LogP contribution in [0.5, 0.6) is 0 Å². The molecule has 2 aromatic rings. The number of piperazine rings is 1. The maximum atomic E-state index is 10.7. The Labute approximate surface area is 115 Å². The number of nitro groups is 1. The zero-order valence-electron chi connectivity index (χ0n) is 11.1. The van der Waals surface area contributed by atoms with Crippen molar-refractivity contribution >= 4 is 22.5 Å². The number of nitro benzene ring substituents is 1. The van der Waals surface area contributed by atoms with E-state index in [4.69, 9.17) is 0 Å². The summed E-state index contributed by atoms with van der Waals surface area (Å²) in [5, 5.41) is 14.1. The molecule has 1 atom stereocenters. The zero-order valence-corrected chi connectivity index (χ0v) is 11.1. The molecule has 2 heterocycles. The average Bonchev–Trinajstić information content (AvgIpc) is 2.46. The molecule has 1 unspecified atom stereocenters. The van der Waals surface area contributed by atoms with E-state index in [1.54, 1.807) is 12.3 Å². The molecule has 1 N–H and O–H groups in total. The number of anilines is 1. The van der Waals surface area contributed by atoms with Crippen LogP contribution in [-0.2, 0) is 0 Å². The molecule has 7 nitrogen and oxygen atoms in total. The average molecular weight is 273 g/mol. The fourth-order valence-corrected chi connectivity index (χ4v) is 2.42. The van der Waals surface area contributed by atoms with Gasteiger partial charge >= 0.3 is 0 Å². The van der Waals surface area contributed by atoms with Gasteiger partial charge in [-0.05, 0) is 13.0 Å². The molecule has 0 bridgehead atoms. The highest BCUT2D eigenvalue weighted by Gasteiger charge is 2.20. The Kier molecular flexibility index (Phi) is 3.19. The lowest BCUT2D eigenvalue weighted by Crippen LogP contribution is -2.50. The van der Waals surface area contributed by atoms with Crippen LogP contribution in [0, 0.1) is 10.1 Å². The van der Waals surface area contributed by atoms with Crippen molar-refractivity contribution in [3.05, 3.63) is 34.5 Å². The third-order valence-electron chi connectivity index (χ3n) is 3.52. The minimum Gasteiger partial charge on any atom is -0.350 e. The SMILES string of the molecule is CC1CNCCN1c1cnc2cc([N+](=O)[O-])ccc2n1. The van der Waals surface area contributed by atoms with E-state index in [2.05, 4.69) is 27.1 Å². The highest BCUT2D eigenvalue weighted by molar-refractivity contribution is 5.78. The number of benzene rings is 1. The van der Waals surface area contributed by atoms with E-state index < -0.39 is 4.92 Å². The molecule has 1 aromatic carbocycles. The molecular formula is C13H15N5O2. The summed E-state index contributed by atoms with van der Waals surface area (Å²) in [7, 11) is 0. The maximum Gasteiger partial charge on any atom is 0.271 e. The zero-order chi connectivity index (χ0) is 14.1. The predicted molar refractivity (Wildman–Crippen MR) is 75.9 cm³/mol. The molecule has 1 saturated heterocycles. The molecule has 1 aliphatic heterocycles. The lowest BCUT2D eigenvalue weighted by molar-refractivity contribution is -0.384. The second-order valence-corrected chi connectivity index (χ2v) is 4.90. The number of aromatic nitrogens is 2. The van der Waals surface area contributed by atoms with E-state index in [1.807, 2.05) is 0 Å². The quantitative estimate of drug-likeness (QED) is 0.656. The van der Waals surface area contributed by atoms with Gasteiger partial charge in [-0.15, -0.1) is 0 Å². The lowest BCUT2D eigenvalue weighted by Gasteiger charge is -2.34. The molecule has 0 saturated carbocycles. The second kappa shape index (κ2) is 5.01. The van der Waals surface area contributed by atoms with Gasteiger partial charge in [-0.1, -0.05) is 0 Å². The summed E-state index contributed by atoms with van der Waals surface area (Å²) in [6.07, 6.45) is 1.69. The summed E-state index contributed by atoms with van der Waals surface area (Å²) in [5.41, 5.74) is 1.26. The Bertz CT molecular complexity index is 660. The number of hydrogen-bond donors (Lipinski definition) is 1. The molecule has 0 amide bonds. The van der Waals surface area contributed by atoms with E-state index >= 15 is 0 Å². The first kappa shape index (κ1) is 12.7. The van der Waals surface area contributed by atoms with Crippen molar-refractivity contribution in [2.24, 2.45) is 0 Å². The van der Waals surface area contributed by atoms with Crippen LogP contribution < -0.4 is 10.2 Å². The molecule has 20 heavy (non-hydrogen) atoms. The van der Waals surface area contributed by atoms with Gasteiger partial charge in [0.25, 0.3) is 5.69 Å². The third kappa shape index (κ3) is 2.27. The minimum absolute atomic E-state index is 0.0371. The summed E-state index contributed by atoms with van der Waals surface area (Å²) >= 11 is 0. The van der Waals surface area contributed by atoms with Gasteiger partial charge in [-0.3, -0.25) is 15.1 Å². The normalized spacial score (nSPS) is 19.2. The summed E-state index contributed by atoms with van der Waals surface area (Å²) in [6.45, 7) is 4.85. The van der Waals surface area contributed by atoms with Crippen LogP contribution in [0.4, 0.5) is 11.5 Å². The topological polar surface area (TPSA) is 84.2 Å². The van der Waals surface area contributed by atoms with Crippen molar-refractivity contribution in [3.8, 4) is 0 Å². The van der Waals surface area contributed by atoms with Crippen molar-refractivity contribution < 1.29 is 4.92 Å². The first-order valence-corrected chi connectivity index (χ1v) is 6.54. The Morgan fingerprint density at radius 2 is 2.30 bits per heavy atom. The highest BCUT2D eigenvalue weighted by Crippen LogP contribution is 2.21. The Hall–Kier alpha value is -2.28. The predicted octanol–water partition coefficient (Wildman–Crippen LogP) is 1.34. The molecule has 104 valence electrons. The number of nitrogens with zero attached hydrogens (tertiary/aromatic N) is 4. The van der Waals surface area contributed by atoms with Crippen molar-refractivity contribution in [2.45, 2.75) is 13.0 Å². The van der Waals surface area contributed by atoms with E-state index in [9.17, 15) is 10.1 Å². The third-order valence-corrected chi connectivity index (χ3v) is 3.52. The van der Waals surface area contributed by atoms with Crippen LogP contribution in [0.2, 0.25) is 0 Å². The summed E-state index contributed by atoms with van der Waals surface area (Å²) in [4.78, 5) is 21.4. The molecule has 0 aliphatic carbocycles. The monoisotopic (exact) mass is 273 g/mol. The van der Waals surface area contributed by atoms with Crippen LogP contribution >= 0.6 is 0 Å². The first-order chi connectivity index (χ1) is 9.65. The van der Waals surface area contributed by atoms with Crippen molar-refractivity contribution in [1.29, 1.82) is 0 Å². The fraction of sp³-hybridized carbons (Fsp3) is 0.385. The smallest absolute Gasteiger partial charge is 0.271 e. The molecule has 1 aliphatic rings. The summed E-state index contributed by atoms with van der Waals surface area (Å²) < 4.78 is 0. The Morgan fingerprint density at radius 1 is 1.45 bits per heavy atom. The van der Waals surface area contributed by atoms with Gasteiger partial charge in [0.2, 0.25) is 0 Å². The first-order valence-electron chi connectivity index (χ1n) is 6.54. The summed E-state index contributed by atoms with van der Waals surface area (Å²) in [6, 6.07) is 4.92. The van der Waals surface area contributed by atoms with Crippen LogP contribution in [0.25, 0.3) is 11.0 Å². The number of rotatable bonds is 2. The molecular weight excluding hydrogens is 258 g/mol. The number of nitrogens with one attached hydrogen (secondary N) is 1. The largest absolute Gasteiger partial charge is 0.350 e. The molecule has 0 radical (unpaired) electrons. The van der Waals surface area contributed by atoms with Crippen LogP contribution in [-0.4, -0.2) is 40.6 Å². The van der Waals surface area contributed by atoms with Gasteiger partial charge in [0.1, 0.15) is 5.82 Å². The van der Waals surface area contributed by atoms with Gasteiger partial charge in [-0.2, -0.15) is 0 Å². The maximum absolute atomic E-state index is 10.7. The molecule has 1 aromatic heterocycles. The molecule has 3 rings (SSSR count). The van der Waals surface area contributed by atoms with Crippen molar-refractivity contribution in [2.75, 3.05) is 24.5 Å². The number of fused-ring (bicyclic) bond motifs is 1. The van der Waals surface area contributed by atoms with Gasteiger partial charge < -0.3 is 10.2 Å². The standard InChI is InChI=1S/C13H15N5O2/c1-9-7-14-4-5-17(9)13-8-15-12-6-10(18(19)20)2-3-11(12)16-13/h2-3,6,8-9,14H,4-5,7H2,1H3. The Balaban J connectivity index is 1.98. The number of non-ortho nitro benzene ring substituents is 1. The highest BCUT2D eigenvalue weighted by atomic mass is 16.6. The minimum atomic E-state index is -0.423.